The largest absolute Gasteiger partial charge is 0.497 e. The predicted molar refractivity (Wildman–Crippen MR) is 121 cm³/mol. The number of hydrogen-bond acceptors (Lipinski definition) is 7. The molecule has 1 aliphatic rings. The van der Waals surface area contributed by atoms with Gasteiger partial charge in [0.15, 0.2) is 6.23 Å². The van der Waals surface area contributed by atoms with Crippen molar-refractivity contribution in [2.75, 3.05) is 13.7 Å². The lowest BCUT2D eigenvalue weighted by molar-refractivity contribution is -0.386. The number of hydrazine groups is 1. The number of ether oxygens (including phenoxy) is 2. The van der Waals surface area contributed by atoms with E-state index in [0.29, 0.717) is 24.4 Å². The third kappa shape index (κ3) is 5.28. The number of benzene rings is 3. The second-order valence-electron chi connectivity index (χ2n) is 7.55. The van der Waals surface area contributed by atoms with Gasteiger partial charge in [-0.2, -0.15) is 0 Å². The Bertz CT molecular complexity index is 1150. The third-order valence-corrected chi connectivity index (χ3v) is 5.32. The van der Waals surface area contributed by atoms with Gasteiger partial charge in [-0.25, -0.2) is 5.43 Å². The summed E-state index contributed by atoms with van der Waals surface area (Å²) in [5, 5.41) is 11.6. The van der Waals surface area contributed by atoms with Crippen LogP contribution in [0.25, 0.3) is 0 Å². The van der Waals surface area contributed by atoms with Gasteiger partial charge in [0.25, 0.3) is 5.69 Å². The first-order valence-corrected chi connectivity index (χ1v) is 10.4. The molecule has 9 heteroatoms. The number of nitrogens with one attached hydrogen (secondary N) is 2. The van der Waals surface area contributed by atoms with Crippen molar-refractivity contribution in [1.29, 1.82) is 0 Å². The summed E-state index contributed by atoms with van der Waals surface area (Å²) in [6.07, 6.45) is -0.773. The lowest BCUT2D eigenvalue weighted by atomic mass is 10.1. The van der Waals surface area contributed by atoms with E-state index in [1.807, 2.05) is 48.5 Å². The van der Waals surface area contributed by atoms with Crippen LogP contribution in [0.5, 0.6) is 11.5 Å². The predicted octanol–water partition coefficient (Wildman–Crippen LogP) is 3.32. The highest BCUT2D eigenvalue weighted by molar-refractivity contribution is 5.77. The molecule has 1 aliphatic heterocycles. The maximum absolute atomic E-state index is 12.7. The number of carbonyl (C=O) groups excluding carboxylic acids is 1. The monoisotopic (exact) mass is 448 g/mol. The molecule has 3 aromatic rings. The molecule has 0 saturated carbocycles. The Morgan fingerprint density at radius 3 is 2.76 bits per heavy atom. The summed E-state index contributed by atoms with van der Waals surface area (Å²) in [5.74, 6) is 1.09. The van der Waals surface area contributed by atoms with Gasteiger partial charge in [0.05, 0.1) is 24.1 Å². The van der Waals surface area contributed by atoms with Gasteiger partial charge >= 0.3 is 0 Å². The van der Waals surface area contributed by atoms with Crippen molar-refractivity contribution in [3.8, 4) is 11.5 Å². The Hall–Kier alpha value is -3.95. The molecule has 1 amide bonds. The molecule has 2 N–H and O–H groups in total. The van der Waals surface area contributed by atoms with Crippen LogP contribution in [0.1, 0.15) is 22.9 Å². The van der Waals surface area contributed by atoms with Crippen molar-refractivity contribution in [1.82, 2.24) is 15.8 Å². The molecule has 33 heavy (non-hydrogen) atoms. The minimum atomic E-state index is -0.773. The highest BCUT2D eigenvalue weighted by Gasteiger charge is 2.34. The average molecular weight is 448 g/mol. The molecule has 170 valence electrons. The molecule has 0 aliphatic carbocycles. The fourth-order valence-electron chi connectivity index (χ4n) is 3.76. The first kappa shape index (κ1) is 22.3. The number of carbonyl (C=O) groups is 1. The molecule has 0 radical (unpaired) electrons. The van der Waals surface area contributed by atoms with Gasteiger partial charge in [0.1, 0.15) is 11.5 Å². The van der Waals surface area contributed by atoms with Gasteiger partial charge in [-0.3, -0.25) is 25.2 Å². The highest BCUT2D eigenvalue weighted by Crippen LogP contribution is 2.38. The zero-order chi connectivity index (χ0) is 23.2. The summed E-state index contributed by atoms with van der Waals surface area (Å²) in [4.78, 5) is 25.6. The van der Waals surface area contributed by atoms with Crippen LogP contribution < -0.4 is 20.3 Å². The van der Waals surface area contributed by atoms with Gasteiger partial charge in [-0.15, -0.1) is 0 Å². The van der Waals surface area contributed by atoms with E-state index in [-0.39, 0.29) is 18.1 Å². The lowest BCUT2D eigenvalue weighted by Gasteiger charge is -2.36. The lowest BCUT2D eigenvalue weighted by Crippen LogP contribution is -2.46. The molecule has 0 bridgehead atoms. The molecular weight excluding hydrogens is 424 g/mol. The van der Waals surface area contributed by atoms with Crippen molar-refractivity contribution in [2.45, 2.75) is 19.3 Å². The summed E-state index contributed by atoms with van der Waals surface area (Å²) >= 11 is 0. The minimum Gasteiger partial charge on any atom is -0.497 e. The van der Waals surface area contributed by atoms with Crippen LogP contribution in [0.2, 0.25) is 0 Å². The summed E-state index contributed by atoms with van der Waals surface area (Å²) in [6, 6.07) is 21.4. The maximum atomic E-state index is 12.7. The van der Waals surface area contributed by atoms with E-state index in [0.717, 1.165) is 16.9 Å². The van der Waals surface area contributed by atoms with Crippen LogP contribution in [0, 0.1) is 10.1 Å². The number of nitro groups is 1. The van der Waals surface area contributed by atoms with Gasteiger partial charge in [0.2, 0.25) is 5.91 Å². The standard InChI is InChI=1S/C24H24N4O5/c1-32-19-9-6-7-17(13-19)14-25-26-23(29)16-27-15-18-8-2-5-12-22(18)33-24(27)20-10-3-4-11-21(20)28(30)31/h2-13,24-25H,14-16H2,1H3,(H,26,29). The van der Waals surface area contributed by atoms with E-state index in [9.17, 15) is 14.9 Å². The summed E-state index contributed by atoms with van der Waals surface area (Å²) in [5.41, 5.74) is 7.80. The zero-order valence-electron chi connectivity index (χ0n) is 18.1. The van der Waals surface area contributed by atoms with Crippen LogP contribution in [0.15, 0.2) is 72.8 Å². The molecule has 1 unspecified atom stereocenters. The molecule has 4 rings (SSSR count). The van der Waals surface area contributed by atoms with Crippen LogP contribution >= 0.6 is 0 Å². The molecule has 0 fully saturated rings. The topological polar surface area (TPSA) is 106 Å². The molecular formula is C24H24N4O5. The van der Waals surface area contributed by atoms with Crippen molar-refractivity contribution < 1.29 is 19.2 Å². The van der Waals surface area contributed by atoms with Gasteiger partial charge in [-0.05, 0) is 29.8 Å². The van der Waals surface area contributed by atoms with Gasteiger partial charge < -0.3 is 9.47 Å². The quantitative estimate of drug-likeness (QED) is 0.402. The molecule has 1 heterocycles. The second-order valence-corrected chi connectivity index (χ2v) is 7.55. The SMILES string of the molecule is COc1cccc(CNNC(=O)CN2Cc3ccccc3OC2c2ccccc2[N+](=O)[O-])c1. The number of methoxy groups -OCH3 is 1. The van der Waals surface area contributed by atoms with E-state index in [4.69, 9.17) is 9.47 Å². The van der Waals surface area contributed by atoms with Crippen LogP contribution in [-0.2, 0) is 17.9 Å². The van der Waals surface area contributed by atoms with Crippen molar-refractivity contribution in [3.05, 3.63) is 99.6 Å². The fraction of sp³-hybridized carbons (Fsp3) is 0.208. The molecule has 0 spiro atoms. The van der Waals surface area contributed by atoms with E-state index in [1.54, 1.807) is 30.2 Å². The average Bonchev–Trinajstić information content (AvgIpc) is 2.83. The molecule has 3 aromatic carbocycles. The van der Waals surface area contributed by atoms with Crippen LogP contribution in [-0.4, -0.2) is 29.4 Å². The zero-order valence-corrected chi connectivity index (χ0v) is 18.1. The Morgan fingerprint density at radius 1 is 1.15 bits per heavy atom. The molecule has 1 atom stereocenters. The van der Waals surface area contributed by atoms with Gasteiger partial charge in [0, 0.05) is 24.7 Å². The smallest absolute Gasteiger partial charge is 0.277 e. The maximum Gasteiger partial charge on any atom is 0.277 e. The van der Waals surface area contributed by atoms with Crippen LogP contribution in [0.4, 0.5) is 5.69 Å². The van der Waals surface area contributed by atoms with Gasteiger partial charge in [-0.1, -0.05) is 42.5 Å². The summed E-state index contributed by atoms with van der Waals surface area (Å²) < 4.78 is 11.3. The number of rotatable bonds is 8. The first-order chi connectivity index (χ1) is 16.0. The summed E-state index contributed by atoms with van der Waals surface area (Å²) in [7, 11) is 1.60. The number of nitro benzene ring substituents is 1. The number of fused-ring (bicyclic) bond motifs is 1. The fourth-order valence-corrected chi connectivity index (χ4v) is 3.76. The third-order valence-electron chi connectivity index (χ3n) is 5.32. The van der Waals surface area contributed by atoms with Crippen molar-refractivity contribution in [2.24, 2.45) is 0 Å². The van der Waals surface area contributed by atoms with E-state index in [1.165, 1.54) is 6.07 Å². The molecule has 0 saturated heterocycles. The number of para-hydroxylation sites is 2. The Kier molecular flexibility index (Phi) is 6.82. The molecule has 9 nitrogen and oxygen atoms in total. The van der Waals surface area contributed by atoms with E-state index in [2.05, 4.69) is 10.9 Å². The second kappa shape index (κ2) is 10.1. The van der Waals surface area contributed by atoms with E-state index < -0.39 is 11.2 Å². The van der Waals surface area contributed by atoms with Crippen molar-refractivity contribution in [3.63, 3.8) is 0 Å². The normalized spacial score (nSPS) is 15.2. The minimum absolute atomic E-state index is 0.0177. The van der Waals surface area contributed by atoms with E-state index >= 15 is 0 Å². The first-order valence-electron chi connectivity index (χ1n) is 10.4. The Morgan fingerprint density at radius 2 is 1.94 bits per heavy atom. The highest BCUT2D eigenvalue weighted by atomic mass is 16.6. The number of nitrogens with zero attached hydrogens (tertiary/aromatic N) is 2. The summed E-state index contributed by atoms with van der Waals surface area (Å²) in [6.45, 7) is 0.808. The molecule has 0 aromatic heterocycles. The Labute approximate surface area is 191 Å². The Balaban J connectivity index is 1.48. The van der Waals surface area contributed by atoms with Crippen LogP contribution in [0.3, 0.4) is 0 Å². The number of hydrogen-bond donors (Lipinski definition) is 2. The van der Waals surface area contributed by atoms with Crippen molar-refractivity contribution >= 4 is 11.6 Å². The number of amides is 1.